The first kappa shape index (κ1) is 19.4. The van der Waals surface area contributed by atoms with Gasteiger partial charge in [-0.3, -0.25) is 4.90 Å². The van der Waals surface area contributed by atoms with Crippen LogP contribution in [0.4, 0.5) is 14.9 Å². The fourth-order valence-electron chi connectivity index (χ4n) is 2.88. The second kappa shape index (κ2) is 6.98. The molecule has 0 saturated carbocycles. The molecule has 0 radical (unpaired) electrons. The SMILES string of the molecule is CC1(C)OB(c2ccc(N(Cc3ccccc3)C(=O)O)cc2F)OC1(C)C. The van der Waals surface area contributed by atoms with E-state index in [4.69, 9.17) is 9.31 Å². The van der Waals surface area contributed by atoms with Gasteiger partial charge in [0.15, 0.2) is 0 Å². The van der Waals surface area contributed by atoms with E-state index in [1.54, 1.807) is 6.07 Å². The summed E-state index contributed by atoms with van der Waals surface area (Å²) in [6.45, 7) is 7.71. The van der Waals surface area contributed by atoms with Gasteiger partial charge in [0, 0.05) is 5.46 Å². The van der Waals surface area contributed by atoms with Crippen molar-refractivity contribution in [2.24, 2.45) is 0 Å². The number of nitrogens with zero attached hydrogens (tertiary/aromatic N) is 1. The van der Waals surface area contributed by atoms with Gasteiger partial charge in [-0.2, -0.15) is 0 Å². The van der Waals surface area contributed by atoms with Crippen molar-refractivity contribution >= 4 is 24.4 Å². The first-order chi connectivity index (χ1) is 12.6. The van der Waals surface area contributed by atoms with Crippen molar-refractivity contribution < 1.29 is 23.6 Å². The van der Waals surface area contributed by atoms with Crippen molar-refractivity contribution in [2.45, 2.75) is 45.4 Å². The molecule has 1 aliphatic rings. The molecular weight excluding hydrogens is 348 g/mol. The third-order valence-electron chi connectivity index (χ3n) is 5.22. The average Bonchev–Trinajstić information content (AvgIpc) is 2.80. The van der Waals surface area contributed by atoms with E-state index >= 15 is 0 Å². The standard InChI is InChI=1S/C20H23BFNO4/c1-19(2)20(3,4)27-21(26-19)16-11-10-15(12-17(16)22)23(18(24)25)13-14-8-6-5-7-9-14/h5-12H,13H2,1-4H3,(H,24,25). The fraction of sp³-hybridized carbons (Fsp3) is 0.350. The number of benzene rings is 2. The van der Waals surface area contributed by atoms with Crippen LogP contribution in [0.3, 0.4) is 0 Å². The molecule has 0 aromatic heterocycles. The Balaban J connectivity index is 1.86. The smallest absolute Gasteiger partial charge is 0.465 e. The molecule has 0 spiro atoms. The second-order valence-electron chi connectivity index (χ2n) is 7.65. The third kappa shape index (κ3) is 3.84. The van der Waals surface area contributed by atoms with Crippen LogP contribution in [0.2, 0.25) is 0 Å². The van der Waals surface area contributed by atoms with Gasteiger partial charge in [0.05, 0.1) is 23.4 Å². The number of rotatable bonds is 4. The van der Waals surface area contributed by atoms with Gasteiger partial charge in [0.2, 0.25) is 0 Å². The lowest BCUT2D eigenvalue weighted by molar-refractivity contribution is 0.00578. The van der Waals surface area contributed by atoms with Crippen molar-refractivity contribution in [1.29, 1.82) is 0 Å². The zero-order valence-corrected chi connectivity index (χ0v) is 15.9. The van der Waals surface area contributed by atoms with Crippen molar-refractivity contribution in [3.63, 3.8) is 0 Å². The van der Waals surface area contributed by atoms with Gasteiger partial charge >= 0.3 is 13.2 Å². The molecule has 0 aliphatic carbocycles. The molecule has 0 atom stereocenters. The number of hydrogen-bond donors (Lipinski definition) is 1. The van der Waals surface area contributed by atoms with Gasteiger partial charge in [-0.05, 0) is 45.4 Å². The molecule has 1 N–H and O–H groups in total. The van der Waals surface area contributed by atoms with Crippen LogP contribution in [0.1, 0.15) is 33.3 Å². The quantitative estimate of drug-likeness (QED) is 0.831. The van der Waals surface area contributed by atoms with E-state index in [1.165, 1.54) is 12.1 Å². The highest BCUT2D eigenvalue weighted by Crippen LogP contribution is 2.36. The summed E-state index contributed by atoms with van der Waals surface area (Å²) in [5.41, 5.74) is 0.161. The minimum absolute atomic E-state index is 0.130. The van der Waals surface area contributed by atoms with Crippen LogP contribution in [0.5, 0.6) is 0 Å². The molecule has 1 amide bonds. The highest BCUT2D eigenvalue weighted by molar-refractivity contribution is 6.62. The topological polar surface area (TPSA) is 59.0 Å². The van der Waals surface area contributed by atoms with Crippen LogP contribution >= 0.6 is 0 Å². The van der Waals surface area contributed by atoms with E-state index in [1.807, 2.05) is 58.0 Å². The lowest BCUT2D eigenvalue weighted by Gasteiger charge is -2.32. The molecule has 27 heavy (non-hydrogen) atoms. The zero-order chi connectivity index (χ0) is 19.8. The number of hydrogen-bond acceptors (Lipinski definition) is 3. The minimum Gasteiger partial charge on any atom is -0.465 e. The van der Waals surface area contributed by atoms with E-state index in [0.717, 1.165) is 10.5 Å². The Labute approximate surface area is 158 Å². The Morgan fingerprint density at radius 1 is 1.07 bits per heavy atom. The van der Waals surface area contributed by atoms with Crippen molar-refractivity contribution in [2.75, 3.05) is 4.90 Å². The largest absolute Gasteiger partial charge is 0.497 e. The first-order valence-electron chi connectivity index (χ1n) is 8.80. The van der Waals surface area contributed by atoms with Crippen molar-refractivity contribution in [1.82, 2.24) is 0 Å². The van der Waals surface area contributed by atoms with Crippen LogP contribution in [-0.4, -0.2) is 29.5 Å². The maximum atomic E-state index is 14.8. The maximum Gasteiger partial charge on any atom is 0.497 e. The summed E-state index contributed by atoms with van der Waals surface area (Å²) in [6, 6.07) is 13.5. The predicted molar refractivity (Wildman–Crippen MR) is 103 cm³/mol. The molecule has 7 heteroatoms. The molecule has 1 aliphatic heterocycles. The summed E-state index contributed by atoms with van der Waals surface area (Å²) in [7, 11) is -0.837. The van der Waals surface area contributed by atoms with Gasteiger partial charge < -0.3 is 14.4 Å². The van der Waals surface area contributed by atoms with Gasteiger partial charge in [0.25, 0.3) is 0 Å². The van der Waals surface area contributed by atoms with Crippen LogP contribution in [0.25, 0.3) is 0 Å². The highest BCUT2D eigenvalue weighted by atomic mass is 19.1. The normalized spacial score (nSPS) is 17.7. The van der Waals surface area contributed by atoms with Gasteiger partial charge in [-0.25, -0.2) is 9.18 Å². The number of amides is 1. The monoisotopic (exact) mass is 371 g/mol. The highest BCUT2D eigenvalue weighted by Gasteiger charge is 2.52. The lowest BCUT2D eigenvalue weighted by atomic mass is 9.78. The van der Waals surface area contributed by atoms with Gasteiger partial charge in [-0.1, -0.05) is 36.4 Å². The summed E-state index contributed by atoms with van der Waals surface area (Å²) < 4.78 is 26.6. The Hall–Kier alpha value is -2.38. The molecule has 1 heterocycles. The molecule has 0 unspecified atom stereocenters. The van der Waals surface area contributed by atoms with Gasteiger partial charge in [0.1, 0.15) is 5.82 Å². The Morgan fingerprint density at radius 2 is 1.67 bits per heavy atom. The molecule has 3 rings (SSSR count). The van der Waals surface area contributed by atoms with Crippen molar-refractivity contribution in [3.8, 4) is 0 Å². The van der Waals surface area contributed by atoms with E-state index in [2.05, 4.69) is 0 Å². The van der Waals surface area contributed by atoms with E-state index < -0.39 is 30.2 Å². The summed E-state index contributed by atoms with van der Waals surface area (Å²) in [5.74, 6) is -0.565. The molecule has 142 valence electrons. The maximum absolute atomic E-state index is 14.8. The van der Waals surface area contributed by atoms with Crippen LogP contribution in [0.15, 0.2) is 48.5 Å². The molecule has 5 nitrogen and oxygen atoms in total. The molecule has 0 bridgehead atoms. The lowest BCUT2D eigenvalue weighted by Crippen LogP contribution is -2.41. The van der Waals surface area contributed by atoms with Crippen LogP contribution in [0, 0.1) is 5.82 Å². The third-order valence-corrected chi connectivity index (χ3v) is 5.22. The first-order valence-corrected chi connectivity index (χ1v) is 8.80. The number of anilines is 1. The Morgan fingerprint density at radius 3 is 2.19 bits per heavy atom. The second-order valence-corrected chi connectivity index (χ2v) is 7.65. The van der Waals surface area contributed by atoms with Crippen LogP contribution in [-0.2, 0) is 15.9 Å². The molecule has 1 saturated heterocycles. The summed E-state index contributed by atoms with van der Waals surface area (Å²) >= 11 is 0. The zero-order valence-electron chi connectivity index (χ0n) is 15.9. The Kier molecular flexibility index (Phi) is 5.01. The number of carbonyl (C=O) groups is 1. The molecule has 2 aromatic carbocycles. The van der Waals surface area contributed by atoms with Crippen molar-refractivity contribution in [3.05, 3.63) is 59.9 Å². The average molecular weight is 371 g/mol. The molecule has 1 fully saturated rings. The fourth-order valence-corrected chi connectivity index (χ4v) is 2.88. The van der Waals surface area contributed by atoms with E-state index in [9.17, 15) is 14.3 Å². The number of halogens is 1. The van der Waals surface area contributed by atoms with Gasteiger partial charge in [-0.15, -0.1) is 0 Å². The molecular formula is C20H23BFNO4. The summed E-state index contributed by atoms with van der Waals surface area (Å²) in [5, 5.41) is 9.55. The summed E-state index contributed by atoms with van der Waals surface area (Å²) in [6.07, 6.45) is -1.15. The Bertz CT molecular complexity index is 825. The van der Waals surface area contributed by atoms with E-state index in [-0.39, 0.29) is 17.7 Å². The summed E-state index contributed by atoms with van der Waals surface area (Å²) in [4.78, 5) is 12.8. The predicted octanol–water partition coefficient (Wildman–Crippen LogP) is 3.81. The molecule has 2 aromatic rings. The number of carboxylic acid groups (broad SMARTS) is 1. The van der Waals surface area contributed by atoms with Crippen LogP contribution < -0.4 is 10.4 Å². The minimum atomic E-state index is -1.15. The van der Waals surface area contributed by atoms with E-state index in [0.29, 0.717) is 0 Å².